The molecule has 0 fully saturated rings. The standard InChI is InChI=1S/2Al.2Mg.9O3Si.2Zr/c;;;;9*1-4(2)3;;/q2*+3;2*+2;9*-2;2*+4. The van der Waals surface area contributed by atoms with E-state index in [1.165, 1.54) is 0 Å². The van der Waals surface area contributed by atoms with Crippen molar-refractivity contribution < 1.29 is 179 Å². The second kappa shape index (κ2) is 90.0. The van der Waals surface area contributed by atoms with Gasteiger partial charge in [-0.2, -0.15) is 0 Å². The van der Waals surface area contributed by atoms with Crippen molar-refractivity contribution in [2.75, 3.05) is 0 Å². The van der Waals surface area contributed by atoms with Crippen LogP contribution in [0.4, 0.5) is 0 Å². The molecule has 0 aliphatic rings. The van der Waals surface area contributed by atoms with E-state index in [2.05, 4.69) is 0 Å². The first-order chi connectivity index (χ1) is 15.6. The van der Waals surface area contributed by atoms with Gasteiger partial charge in [-0.1, -0.05) is 0 Å². The van der Waals surface area contributed by atoms with E-state index in [1.54, 1.807) is 0 Å². The van der Waals surface area contributed by atoms with E-state index in [0.717, 1.165) is 0 Å². The average Bonchev–Trinajstić information content (AvgIpc) is 2.39. The fourth-order valence-electron chi connectivity index (χ4n) is 0. The molecule has 0 saturated heterocycles. The first kappa shape index (κ1) is 96.8. The van der Waals surface area contributed by atoms with Gasteiger partial charge < -0.3 is 126 Å². The van der Waals surface area contributed by atoms with Crippen molar-refractivity contribution >= 4 is 163 Å². The van der Waals surface area contributed by atoms with Crippen molar-refractivity contribution in [2.45, 2.75) is 0 Å². The smallest absolute Gasteiger partial charge is 0.672 e. The van der Waals surface area contributed by atoms with Crippen LogP contribution in [0.3, 0.4) is 0 Å². The van der Waals surface area contributed by atoms with Gasteiger partial charge in [-0.3, -0.25) is 0 Å². The molecule has 0 bridgehead atoms. The monoisotopic (exact) mass is 965 g/mol. The van der Waals surface area contributed by atoms with Crippen molar-refractivity contribution in [1.82, 2.24) is 0 Å². The third kappa shape index (κ3) is 77800. The van der Waals surface area contributed by atoms with E-state index in [9.17, 15) is 0 Å². The molecule has 0 heterocycles. The predicted molar refractivity (Wildman–Crippen MR) is 81.0 cm³/mol. The molecule has 0 aromatic rings. The first-order valence-corrected chi connectivity index (χ1v) is 16.5. The van der Waals surface area contributed by atoms with Crippen molar-refractivity contribution in [3.05, 3.63) is 0 Å². The largest absolute Gasteiger partial charge is 4.00 e. The van der Waals surface area contributed by atoms with Gasteiger partial charge in [0.15, 0.2) is 0 Å². The minimum absolute atomic E-state index is 0. The second-order valence-corrected chi connectivity index (χ2v) is 6.75. The van der Waals surface area contributed by atoms with E-state index in [-0.39, 0.29) is 133 Å². The van der Waals surface area contributed by atoms with Gasteiger partial charge in [0.05, 0.1) is 0 Å². The Hall–Kier alpha value is 0.916. The summed E-state index contributed by atoms with van der Waals surface area (Å²) in [7, 11) is -32.7. The molecule has 0 aliphatic carbocycles. The summed E-state index contributed by atoms with van der Waals surface area (Å²) in [4.78, 5) is 153. The van der Waals surface area contributed by atoms with Gasteiger partial charge in [-0.15, -0.1) is 0 Å². The average molecular weight is 970 g/mol. The van der Waals surface area contributed by atoms with E-state index in [4.69, 9.17) is 126 Å². The Morgan fingerprint density at radius 2 is 0.214 bits per heavy atom. The van der Waals surface area contributed by atoms with Gasteiger partial charge in [0.1, 0.15) is 0 Å². The van der Waals surface area contributed by atoms with Crippen LogP contribution in [0.15, 0.2) is 0 Å². The third-order valence-electron chi connectivity index (χ3n) is 0. The SMILES string of the molecule is O=[Si]([O-])[O-].O=[Si]([O-])[O-].O=[Si]([O-])[O-].O=[Si]([O-])[O-].O=[Si]([O-])[O-].O=[Si]([O-])[O-].O=[Si]([O-])[O-].O=[Si]([O-])[O-].O=[Si]([O-])[O-].[Al+3].[Al+3].[Mg+2].[Mg+2].[Zr+4].[Zr+4]. The van der Waals surface area contributed by atoms with Crippen LogP contribution in [0.1, 0.15) is 0 Å². The minimum atomic E-state index is -3.63. The fourth-order valence-corrected chi connectivity index (χ4v) is 0. The molecule has 0 N–H and O–H groups in total. The Kier molecular flexibility index (Phi) is 207. The fraction of sp³-hybridized carbons (Fsp3) is 0. The molecule has 0 aromatic heterocycles. The van der Waals surface area contributed by atoms with Crippen molar-refractivity contribution in [3.63, 3.8) is 0 Å². The molecule has 0 rings (SSSR count). The topological polar surface area (TPSA) is 569 Å². The Morgan fingerprint density at radius 3 is 0.214 bits per heavy atom. The van der Waals surface area contributed by atoms with Crippen molar-refractivity contribution in [2.24, 2.45) is 0 Å². The Balaban J connectivity index is -0.0000000148. The van der Waals surface area contributed by atoms with E-state index >= 15 is 0 Å². The van der Waals surface area contributed by atoms with Crippen molar-refractivity contribution in [3.8, 4) is 0 Å². The summed E-state index contributed by atoms with van der Waals surface area (Å²) in [5.74, 6) is 0. The van der Waals surface area contributed by atoms with Crippen LogP contribution in [0.2, 0.25) is 0 Å². The van der Waals surface area contributed by atoms with Gasteiger partial charge in [0, 0.05) is 82.5 Å². The Labute approximate surface area is 338 Å². The zero-order valence-corrected chi connectivity index (χ0v) is 38.1. The maximum absolute atomic E-state index is 8.52. The molecule has 0 unspecified atom stereocenters. The van der Waals surface area contributed by atoms with Gasteiger partial charge in [0.25, 0.3) is 0 Å². The maximum atomic E-state index is 8.52. The summed E-state index contributed by atoms with van der Waals surface area (Å²) >= 11 is 0. The van der Waals surface area contributed by atoms with Crippen LogP contribution in [0.5, 0.6) is 0 Å². The molecule has 42 heavy (non-hydrogen) atoms. The van der Waals surface area contributed by atoms with Gasteiger partial charge in [0.2, 0.25) is 0 Å². The quantitative estimate of drug-likeness (QED) is 0.203. The molecule has 27 nitrogen and oxygen atoms in total. The predicted octanol–water partition coefficient (Wildman–Crippen LogP) is -27.4. The Morgan fingerprint density at radius 1 is 0.214 bits per heavy atom. The van der Waals surface area contributed by atoms with Crippen molar-refractivity contribution in [1.29, 1.82) is 0 Å². The molecule has 0 aliphatic heterocycles. The minimum Gasteiger partial charge on any atom is -0.672 e. The normalized spacial score (nSPS) is 5.14. The summed E-state index contributed by atoms with van der Waals surface area (Å²) in [6, 6.07) is 0. The van der Waals surface area contributed by atoms with Gasteiger partial charge in [-0.25, -0.2) is 0 Å². The van der Waals surface area contributed by atoms with Crippen LogP contribution < -0.4 is 86.3 Å². The van der Waals surface area contributed by atoms with Gasteiger partial charge in [-0.05, 0) is 0 Å². The number of hydrogen-bond donors (Lipinski definition) is 0. The molecule has 0 aromatic carbocycles. The number of hydrogen-bond acceptors (Lipinski definition) is 27. The molecule has 216 valence electrons. The van der Waals surface area contributed by atoms with Crippen LogP contribution in [0.25, 0.3) is 0 Å². The van der Waals surface area contributed by atoms with E-state index in [1.807, 2.05) is 0 Å². The maximum Gasteiger partial charge on any atom is 4.00 e. The zero-order chi connectivity index (χ0) is 32.2. The first-order valence-electron chi connectivity index (χ1n) is 5.51. The molecular weight excluding hydrogens is 970 g/mol. The zero-order valence-electron chi connectivity index (χ0n) is 19.1. The van der Waals surface area contributed by atoms with Crippen LogP contribution >= 0.6 is 0 Å². The molecule has 0 radical (unpaired) electrons. The van der Waals surface area contributed by atoms with Crippen LogP contribution in [-0.4, -0.2) is 163 Å². The summed E-state index contributed by atoms with van der Waals surface area (Å²) in [6.45, 7) is 0. The van der Waals surface area contributed by atoms with E-state index < -0.39 is 82.5 Å². The van der Waals surface area contributed by atoms with E-state index in [0.29, 0.717) is 0 Å². The molecule has 42 heteroatoms. The summed E-state index contributed by atoms with van der Waals surface area (Å²) in [6.07, 6.45) is 0. The molecule has 0 atom stereocenters. The molecule has 0 saturated carbocycles. The van der Waals surface area contributed by atoms with Gasteiger partial charge >= 0.3 is 133 Å². The molecular formula is Al2Mg2O27Si9Zr2. The third-order valence-corrected chi connectivity index (χ3v) is 0. The molecule has 0 spiro atoms. The van der Waals surface area contributed by atoms with Crippen LogP contribution in [0, 0.1) is 0 Å². The summed E-state index contributed by atoms with van der Waals surface area (Å²) in [5.41, 5.74) is 0. The second-order valence-electron chi connectivity index (χ2n) is 2.25. The summed E-state index contributed by atoms with van der Waals surface area (Å²) in [5, 5.41) is 0. The number of rotatable bonds is 0. The van der Waals surface area contributed by atoms with Crippen LogP contribution in [-0.2, 0) is 92.6 Å². The Bertz CT molecular complexity index is 442. The molecule has 0 amide bonds. The summed E-state index contributed by atoms with van der Waals surface area (Å²) < 4.78 is 76.7.